The van der Waals surface area contributed by atoms with E-state index in [1.54, 1.807) is 12.1 Å². The van der Waals surface area contributed by atoms with Crippen molar-refractivity contribution in [2.24, 2.45) is 0 Å². The number of aromatic nitrogens is 1. The first kappa shape index (κ1) is 11.9. The molecule has 0 N–H and O–H groups in total. The monoisotopic (exact) mass is 240 g/mol. The van der Waals surface area contributed by atoms with E-state index in [2.05, 4.69) is 4.98 Å². The zero-order chi connectivity index (χ0) is 13.0. The first-order chi connectivity index (χ1) is 8.72. The summed E-state index contributed by atoms with van der Waals surface area (Å²) in [5.41, 5.74) is 0.904. The molecule has 3 nitrogen and oxygen atoms in total. The molecule has 2 rings (SSSR count). The molecule has 0 saturated carbocycles. The van der Waals surface area contributed by atoms with Gasteiger partial charge in [-0.25, -0.2) is 4.39 Å². The van der Waals surface area contributed by atoms with Gasteiger partial charge in [-0.05, 0) is 42.0 Å². The van der Waals surface area contributed by atoms with Crippen molar-refractivity contribution >= 4 is 5.78 Å². The zero-order valence-electron chi connectivity index (χ0n) is 9.38. The van der Waals surface area contributed by atoms with Crippen LogP contribution >= 0.6 is 0 Å². The highest BCUT2D eigenvalue weighted by Crippen LogP contribution is 2.19. The normalized spacial score (nSPS) is 11.6. The third-order valence-corrected chi connectivity index (χ3v) is 2.56. The minimum Gasteiger partial charge on any atom is -0.292 e. The second-order valence-electron chi connectivity index (χ2n) is 3.71. The molecule has 0 bridgehead atoms. The third-order valence-electron chi connectivity index (χ3n) is 2.56. The molecule has 1 atom stereocenters. The van der Waals surface area contributed by atoms with Crippen LogP contribution in [-0.2, 0) is 0 Å². The third kappa shape index (κ3) is 2.41. The molecule has 1 heterocycles. The van der Waals surface area contributed by atoms with Crippen molar-refractivity contribution in [2.75, 3.05) is 0 Å². The highest BCUT2D eigenvalue weighted by Gasteiger charge is 2.21. The average Bonchev–Trinajstić information content (AvgIpc) is 2.41. The van der Waals surface area contributed by atoms with Crippen LogP contribution in [0.15, 0.2) is 48.8 Å². The predicted molar refractivity (Wildman–Crippen MR) is 63.3 cm³/mol. The Kier molecular flexibility index (Phi) is 3.44. The molecule has 0 aliphatic carbocycles. The fourth-order valence-electron chi connectivity index (χ4n) is 1.62. The number of hydrogen-bond acceptors (Lipinski definition) is 3. The summed E-state index contributed by atoms with van der Waals surface area (Å²) in [7, 11) is 0. The number of hydrogen-bond donors (Lipinski definition) is 0. The van der Waals surface area contributed by atoms with E-state index < -0.39 is 11.7 Å². The molecular weight excluding hydrogens is 231 g/mol. The molecule has 18 heavy (non-hydrogen) atoms. The molecule has 88 valence electrons. The van der Waals surface area contributed by atoms with Crippen LogP contribution in [-0.4, -0.2) is 10.8 Å². The van der Waals surface area contributed by atoms with Crippen molar-refractivity contribution in [3.63, 3.8) is 0 Å². The minimum atomic E-state index is -0.890. The summed E-state index contributed by atoms with van der Waals surface area (Å²) in [6.45, 7) is 0. The van der Waals surface area contributed by atoms with E-state index >= 15 is 0 Å². The van der Waals surface area contributed by atoms with E-state index in [1.807, 2.05) is 6.07 Å². The first-order valence-electron chi connectivity index (χ1n) is 5.31. The van der Waals surface area contributed by atoms with Gasteiger partial charge in [0.2, 0.25) is 0 Å². The van der Waals surface area contributed by atoms with E-state index in [9.17, 15) is 9.18 Å². The second kappa shape index (κ2) is 5.19. The van der Waals surface area contributed by atoms with E-state index in [0.29, 0.717) is 11.1 Å². The smallest absolute Gasteiger partial charge is 0.184 e. The van der Waals surface area contributed by atoms with Gasteiger partial charge in [0.1, 0.15) is 11.7 Å². The number of nitriles is 1. The largest absolute Gasteiger partial charge is 0.292 e. The fraction of sp³-hybridized carbons (Fsp3) is 0.0714. The highest BCUT2D eigenvalue weighted by atomic mass is 19.1. The lowest BCUT2D eigenvalue weighted by Crippen LogP contribution is -2.11. The summed E-state index contributed by atoms with van der Waals surface area (Å²) < 4.78 is 12.8. The maximum atomic E-state index is 12.8. The first-order valence-corrected chi connectivity index (χ1v) is 5.31. The van der Waals surface area contributed by atoms with Gasteiger partial charge in [0.25, 0.3) is 0 Å². The molecule has 4 heteroatoms. The Hall–Kier alpha value is -2.54. The van der Waals surface area contributed by atoms with Crippen molar-refractivity contribution in [3.8, 4) is 6.07 Å². The molecule has 0 fully saturated rings. The van der Waals surface area contributed by atoms with Crippen molar-refractivity contribution in [1.82, 2.24) is 4.98 Å². The fourth-order valence-corrected chi connectivity index (χ4v) is 1.62. The molecular formula is C14H9FN2O. The van der Waals surface area contributed by atoms with Crippen molar-refractivity contribution < 1.29 is 9.18 Å². The van der Waals surface area contributed by atoms with Gasteiger partial charge in [-0.1, -0.05) is 0 Å². The maximum absolute atomic E-state index is 12.8. The molecule has 0 aliphatic rings. The van der Waals surface area contributed by atoms with Crippen LogP contribution in [0.4, 0.5) is 4.39 Å². The number of ketones is 1. The summed E-state index contributed by atoms with van der Waals surface area (Å²) in [5, 5.41) is 9.10. The van der Waals surface area contributed by atoms with Crippen molar-refractivity contribution in [2.45, 2.75) is 5.92 Å². The van der Waals surface area contributed by atoms with Crippen LogP contribution < -0.4 is 0 Å². The quantitative estimate of drug-likeness (QED) is 0.775. The lowest BCUT2D eigenvalue weighted by Gasteiger charge is -2.08. The Bertz CT molecular complexity index is 587. The molecule has 2 aromatic rings. The summed E-state index contributed by atoms with van der Waals surface area (Å²) in [5.74, 6) is -1.65. The molecule has 0 saturated heterocycles. The Balaban J connectivity index is 2.32. The lowest BCUT2D eigenvalue weighted by atomic mass is 9.92. The summed E-state index contributed by atoms with van der Waals surface area (Å²) in [6, 6.07) is 10.4. The zero-order valence-corrected chi connectivity index (χ0v) is 9.38. The SMILES string of the molecule is N#C[C@@H](C(=O)c1ccc(F)cc1)c1ccncc1. The van der Waals surface area contributed by atoms with E-state index in [4.69, 9.17) is 5.26 Å². The van der Waals surface area contributed by atoms with Crippen LogP contribution in [0.3, 0.4) is 0 Å². The number of halogens is 1. The number of benzene rings is 1. The average molecular weight is 240 g/mol. The molecule has 1 aromatic carbocycles. The second-order valence-corrected chi connectivity index (χ2v) is 3.71. The van der Waals surface area contributed by atoms with Gasteiger partial charge in [0.05, 0.1) is 6.07 Å². The van der Waals surface area contributed by atoms with Crippen molar-refractivity contribution in [3.05, 3.63) is 65.7 Å². The highest BCUT2D eigenvalue weighted by molar-refractivity contribution is 6.02. The molecule has 0 radical (unpaired) electrons. The number of carbonyl (C=O) groups excluding carboxylic acids is 1. The maximum Gasteiger partial charge on any atom is 0.184 e. The Morgan fingerprint density at radius 1 is 1.17 bits per heavy atom. The van der Waals surface area contributed by atoms with Crippen LogP contribution in [0.5, 0.6) is 0 Å². The van der Waals surface area contributed by atoms with Crippen LogP contribution in [0.2, 0.25) is 0 Å². The Morgan fingerprint density at radius 2 is 1.78 bits per heavy atom. The number of nitrogens with zero attached hydrogens (tertiary/aromatic N) is 2. The molecule has 0 unspecified atom stereocenters. The van der Waals surface area contributed by atoms with Crippen molar-refractivity contribution in [1.29, 1.82) is 5.26 Å². The lowest BCUT2D eigenvalue weighted by molar-refractivity contribution is 0.0979. The standard InChI is InChI=1S/C14H9FN2O/c15-12-3-1-11(2-4-12)14(18)13(9-16)10-5-7-17-8-6-10/h1-8,13H/t13-/m1/s1. The number of carbonyl (C=O) groups is 1. The van der Waals surface area contributed by atoms with Gasteiger partial charge in [-0.2, -0.15) is 5.26 Å². The van der Waals surface area contributed by atoms with Gasteiger partial charge in [0.15, 0.2) is 5.78 Å². The summed E-state index contributed by atoms with van der Waals surface area (Å²) in [6.07, 6.45) is 3.05. The molecule has 1 aromatic heterocycles. The summed E-state index contributed by atoms with van der Waals surface area (Å²) >= 11 is 0. The Labute approximate surface area is 104 Å². The van der Waals surface area contributed by atoms with Gasteiger partial charge >= 0.3 is 0 Å². The summed E-state index contributed by atoms with van der Waals surface area (Å²) in [4.78, 5) is 16.0. The van der Waals surface area contributed by atoms with Gasteiger partial charge in [0, 0.05) is 18.0 Å². The number of Topliss-reactive ketones (excluding diaryl/α,β-unsaturated/α-hetero) is 1. The Morgan fingerprint density at radius 3 is 2.33 bits per heavy atom. The van der Waals surface area contributed by atoms with Crippen LogP contribution in [0, 0.1) is 17.1 Å². The van der Waals surface area contributed by atoms with E-state index in [0.717, 1.165) is 0 Å². The molecule has 0 spiro atoms. The topological polar surface area (TPSA) is 53.8 Å². The number of rotatable bonds is 3. The molecule has 0 aliphatic heterocycles. The minimum absolute atomic E-state index is 0.319. The van der Waals surface area contributed by atoms with Crippen LogP contribution in [0.25, 0.3) is 0 Å². The van der Waals surface area contributed by atoms with E-state index in [-0.39, 0.29) is 5.78 Å². The van der Waals surface area contributed by atoms with Gasteiger partial charge in [-0.3, -0.25) is 9.78 Å². The van der Waals surface area contributed by atoms with Gasteiger partial charge in [-0.15, -0.1) is 0 Å². The van der Waals surface area contributed by atoms with Gasteiger partial charge < -0.3 is 0 Å². The van der Waals surface area contributed by atoms with Crippen LogP contribution in [0.1, 0.15) is 21.8 Å². The predicted octanol–water partition coefficient (Wildman–Crippen LogP) is 2.71. The van der Waals surface area contributed by atoms with E-state index in [1.165, 1.54) is 36.7 Å². The molecule has 0 amide bonds. The number of pyridine rings is 1.